The minimum absolute atomic E-state index is 0.215. The molecule has 0 aliphatic carbocycles. The first-order valence-electron chi connectivity index (χ1n) is 5.66. The minimum atomic E-state index is -0.755. The zero-order valence-corrected chi connectivity index (χ0v) is 12.8. The molecular weight excluding hydrogens is 312 g/mol. The van der Waals surface area contributed by atoms with Crippen molar-refractivity contribution in [2.45, 2.75) is 4.90 Å². The Morgan fingerprint density at radius 1 is 0.905 bits per heavy atom. The molecule has 0 radical (unpaired) electrons. The van der Waals surface area contributed by atoms with Crippen LogP contribution in [-0.2, 0) is 0 Å². The number of thiol groups is 2. The van der Waals surface area contributed by atoms with E-state index in [9.17, 15) is 20.2 Å². The number of benzene rings is 2. The van der Waals surface area contributed by atoms with Gasteiger partial charge in [0.25, 0.3) is 0 Å². The second-order valence-corrected chi connectivity index (χ2v) is 4.25. The van der Waals surface area contributed by atoms with Crippen molar-refractivity contribution in [1.29, 1.82) is 0 Å². The predicted molar refractivity (Wildman–Crippen MR) is 87.3 cm³/mol. The Morgan fingerprint density at radius 2 is 1.48 bits per heavy atom. The average molecular weight is 324 g/mol. The average Bonchev–Trinajstić information content (AvgIpc) is 2.49. The molecule has 2 aromatic rings. The fourth-order valence-corrected chi connectivity index (χ4v) is 1.89. The number of nitro groups is 2. The van der Waals surface area contributed by atoms with Gasteiger partial charge in [0, 0.05) is 11.0 Å². The number of para-hydroxylation sites is 1. The Labute approximate surface area is 131 Å². The molecule has 0 bridgehead atoms. The minimum Gasteiger partial charge on any atom is -0.258 e. The molecule has 2 rings (SSSR count). The summed E-state index contributed by atoms with van der Waals surface area (Å²) in [5.41, 5.74) is -0.266. The van der Waals surface area contributed by atoms with Crippen LogP contribution in [0, 0.1) is 20.2 Å². The summed E-state index contributed by atoms with van der Waals surface area (Å²) >= 11 is 7.65. The van der Waals surface area contributed by atoms with Crippen molar-refractivity contribution in [2.24, 2.45) is 0 Å². The first kappa shape index (κ1) is 17.0. The molecule has 8 heteroatoms. The summed E-state index contributed by atoms with van der Waals surface area (Å²) in [5.74, 6) is 0. The van der Waals surface area contributed by atoms with Crippen LogP contribution in [0.3, 0.4) is 0 Å². The molecule has 2 aromatic carbocycles. The van der Waals surface area contributed by atoms with Crippen LogP contribution in [0.25, 0.3) is 11.1 Å². The summed E-state index contributed by atoms with van der Waals surface area (Å²) in [6.45, 7) is 0. The van der Waals surface area contributed by atoms with Crippen LogP contribution in [0.1, 0.15) is 0 Å². The highest BCUT2D eigenvalue weighted by Gasteiger charge is 2.28. The van der Waals surface area contributed by atoms with Gasteiger partial charge < -0.3 is 0 Å². The summed E-state index contributed by atoms with van der Waals surface area (Å²) in [7, 11) is 0. The highest BCUT2D eigenvalue weighted by atomic mass is 32.1. The van der Waals surface area contributed by atoms with E-state index >= 15 is 0 Å². The van der Waals surface area contributed by atoms with Crippen molar-refractivity contribution < 1.29 is 9.85 Å². The van der Waals surface area contributed by atoms with Crippen LogP contribution in [0.2, 0.25) is 0 Å². The number of hydrogen-bond acceptors (Lipinski definition) is 6. The van der Waals surface area contributed by atoms with Gasteiger partial charge in [0.15, 0.2) is 0 Å². The number of nitro benzene ring substituents is 2. The van der Waals surface area contributed by atoms with Gasteiger partial charge in [-0.3, -0.25) is 20.2 Å². The second kappa shape index (κ2) is 7.65. The first-order chi connectivity index (χ1) is 10.0. The Hall–Kier alpha value is -2.06. The van der Waals surface area contributed by atoms with Gasteiger partial charge in [-0.2, -0.15) is 12.6 Å². The lowest BCUT2D eigenvalue weighted by atomic mass is 10.0. The van der Waals surface area contributed by atoms with E-state index in [4.69, 9.17) is 0 Å². The lowest BCUT2D eigenvalue weighted by Gasteiger charge is -2.04. The lowest BCUT2D eigenvalue weighted by Crippen LogP contribution is -1.98. The van der Waals surface area contributed by atoms with Gasteiger partial charge >= 0.3 is 11.4 Å². The van der Waals surface area contributed by atoms with Gasteiger partial charge in [-0.05, 0) is 30.0 Å². The molecular formula is C13H12N2O4S2. The van der Waals surface area contributed by atoms with Crippen LogP contribution < -0.4 is 0 Å². The molecule has 0 unspecified atom stereocenters. The summed E-state index contributed by atoms with van der Waals surface area (Å²) in [4.78, 5) is 21.1. The molecule has 21 heavy (non-hydrogen) atoms. The highest BCUT2D eigenvalue weighted by Crippen LogP contribution is 2.37. The topological polar surface area (TPSA) is 86.3 Å². The van der Waals surface area contributed by atoms with E-state index in [0.29, 0.717) is 10.5 Å². The van der Waals surface area contributed by atoms with Crippen molar-refractivity contribution in [3.63, 3.8) is 0 Å². The Kier molecular flexibility index (Phi) is 6.19. The largest absolute Gasteiger partial charge is 0.353 e. The van der Waals surface area contributed by atoms with E-state index in [-0.39, 0.29) is 5.56 Å². The molecule has 6 nitrogen and oxygen atoms in total. The quantitative estimate of drug-likeness (QED) is 0.507. The maximum absolute atomic E-state index is 11.1. The maximum Gasteiger partial charge on any atom is 0.353 e. The standard InChI is InChI=1S/C12H8N2O4S.CH4S/c15-13(16)11-3-1-2-10(12(11)14(17)18)8-4-6-9(19)7-5-8;1-2/h1-7,19H;2H,1H3. The molecule has 0 aliphatic heterocycles. The van der Waals surface area contributed by atoms with E-state index in [1.807, 2.05) is 0 Å². The molecule has 0 aromatic heterocycles. The van der Waals surface area contributed by atoms with Gasteiger partial charge in [0.2, 0.25) is 0 Å². The zero-order valence-electron chi connectivity index (χ0n) is 11.0. The van der Waals surface area contributed by atoms with Gasteiger partial charge in [-0.15, -0.1) is 12.6 Å². The maximum atomic E-state index is 11.1. The number of rotatable bonds is 3. The molecule has 0 saturated heterocycles. The van der Waals surface area contributed by atoms with Crippen molar-refractivity contribution >= 4 is 36.6 Å². The van der Waals surface area contributed by atoms with Crippen LogP contribution in [0.15, 0.2) is 47.4 Å². The summed E-state index contributed by atoms with van der Waals surface area (Å²) in [6.07, 6.45) is 1.69. The van der Waals surface area contributed by atoms with Crippen LogP contribution in [0.4, 0.5) is 11.4 Å². The van der Waals surface area contributed by atoms with Gasteiger partial charge in [0.05, 0.1) is 15.4 Å². The van der Waals surface area contributed by atoms with Crippen molar-refractivity contribution in [3.8, 4) is 11.1 Å². The van der Waals surface area contributed by atoms with Crippen molar-refractivity contribution in [1.82, 2.24) is 0 Å². The summed E-state index contributed by atoms with van der Waals surface area (Å²) in [6, 6.07) is 10.6. The molecule has 0 saturated carbocycles. The third-order valence-electron chi connectivity index (χ3n) is 2.57. The second-order valence-electron chi connectivity index (χ2n) is 3.73. The third kappa shape index (κ3) is 3.96. The smallest absolute Gasteiger partial charge is 0.258 e. The van der Waals surface area contributed by atoms with Gasteiger partial charge in [-0.1, -0.05) is 18.2 Å². The van der Waals surface area contributed by atoms with E-state index < -0.39 is 21.2 Å². The van der Waals surface area contributed by atoms with E-state index in [1.165, 1.54) is 12.1 Å². The molecule has 0 atom stereocenters. The highest BCUT2D eigenvalue weighted by molar-refractivity contribution is 7.80. The molecule has 0 aliphatic rings. The Bertz CT molecular complexity index is 660. The zero-order chi connectivity index (χ0) is 16.0. The van der Waals surface area contributed by atoms with Crippen LogP contribution in [-0.4, -0.2) is 16.1 Å². The Balaban J connectivity index is 0.00000106. The van der Waals surface area contributed by atoms with Crippen LogP contribution in [0.5, 0.6) is 0 Å². The Morgan fingerprint density at radius 3 is 1.95 bits per heavy atom. The van der Waals surface area contributed by atoms with E-state index in [1.54, 1.807) is 30.5 Å². The fraction of sp³-hybridized carbons (Fsp3) is 0.0769. The molecule has 0 amide bonds. The lowest BCUT2D eigenvalue weighted by molar-refractivity contribution is -0.422. The normalized spacial score (nSPS) is 9.48. The molecule has 0 N–H and O–H groups in total. The van der Waals surface area contributed by atoms with Gasteiger partial charge in [-0.25, -0.2) is 0 Å². The number of nitrogens with zero attached hydrogens (tertiary/aromatic N) is 2. The van der Waals surface area contributed by atoms with Gasteiger partial charge in [0.1, 0.15) is 0 Å². The monoisotopic (exact) mass is 324 g/mol. The molecule has 110 valence electrons. The van der Waals surface area contributed by atoms with Crippen molar-refractivity contribution in [3.05, 3.63) is 62.7 Å². The fourth-order valence-electron chi connectivity index (χ4n) is 1.74. The number of hydrogen-bond donors (Lipinski definition) is 2. The van der Waals surface area contributed by atoms with E-state index in [2.05, 4.69) is 25.3 Å². The van der Waals surface area contributed by atoms with Crippen molar-refractivity contribution in [2.75, 3.05) is 6.26 Å². The molecule has 0 heterocycles. The first-order valence-corrected chi connectivity index (χ1v) is 7.01. The summed E-state index contributed by atoms with van der Waals surface area (Å²) in [5, 5.41) is 21.9. The predicted octanol–water partition coefficient (Wildman–Crippen LogP) is 4.00. The molecule has 0 spiro atoms. The third-order valence-corrected chi connectivity index (χ3v) is 2.87. The molecule has 0 fully saturated rings. The summed E-state index contributed by atoms with van der Waals surface area (Å²) < 4.78 is 0. The SMILES string of the molecule is CS.O=[N+]([O-])c1cccc(-c2ccc(S)cc2)c1[N+](=O)[O-]. The van der Waals surface area contributed by atoms with Crippen LogP contribution >= 0.6 is 25.3 Å². The van der Waals surface area contributed by atoms with E-state index in [0.717, 1.165) is 6.07 Å².